The van der Waals surface area contributed by atoms with Crippen molar-refractivity contribution in [1.82, 2.24) is 0 Å². The van der Waals surface area contributed by atoms with Gasteiger partial charge in [0.05, 0.1) is 12.2 Å². The highest BCUT2D eigenvalue weighted by molar-refractivity contribution is 4.73. The summed E-state index contributed by atoms with van der Waals surface area (Å²) >= 11 is 0. The minimum Gasteiger partial charge on any atom is -0.390 e. The maximum absolute atomic E-state index is 9.65. The van der Waals surface area contributed by atoms with Crippen molar-refractivity contribution in [3.63, 3.8) is 0 Å². The molecule has 2 nitrogen and oxygen atoms in total. The molecule has 0 aliphatic carbocycles. The number of hydrogen-bond donors (Lipinski definition) is 1. The van der Waals surface area contributed by atoms with Crippen molar-refractivity contribution in [3.8, 4) is 0 Å². The summed E-state index contributed by atoms with van der Waals surface area (Å²) in [6.45, 7) is 3.02. The number of ether oxygens (including phenoxy) is 1. The fourth-order valence-electron chi connectivity index (χ4n) is 1.70. The molecule has 0 spiro atoms. The van der Waals surface area contributed by atoms with Crippen LogP contribution in [0.2, 0.25) is 0 Å². The second-order valence-corrected chi connectivity index (χ2v) is 3.61. The molecular formula is C10H20O2. The highest BCUT2D eigenvalue weighted by Crippen LogP contribution is 2.19. The summed E-state index contributed by atoms with van der Waals surface area (Å²) in [7, 11) is 0. The normalized spacial score (nSPS) is 26.0. The van der Waals surface area contributed by atoms with Crippen molar-refractivity contribution in [2.75, 3.05) is 6.61 Å². The van der Waals surface area contributed by atoms with Crippen LogP contribution in [0.4, 0.5) is 0 Å². The third-order valence-electron chi connectivity index (χ3n) is 2.50. The quantitative estimate of drug-likeness (QED) is 0.643. The van der Waals surface area contributed by atoms with Crippen molar-refractivity contribution in [2.45, 2.75) is 57.7 Å². The molecule has 1 fully saturated rings. The second-order valence-electron chi connectivity index (χ2n) is 3.61. The van der Waals surface area contributed by atoms with E-state index >= 15 is 0 Å². The largest absolute Gasteiger partial charge is 0.390 e. The molecule has 0 saturated carbocycles. The molecular weight excluding hydrogens is 152 g/mol. The molecule has 0 aromatic carbocycles. The first kappa shape index (κ1) is 10.0. The van der Waals surface area contributed by atoms with E-state index < -0.39 is 0 Å². The summed E-state index contributed by atoms with van der Waals surface area (Å²) < 4.78 is 5.40. The molecule has 1 rings (SSSR count). The van der Waals surface area contributed by atoms with Gasteiger partial charge in [0.2, 0.25) is 0 Å². The highest BCUT2D eigenvalue weighted by atomic mass is 16.5. The van der Waals surface area contributed by atoms with Gasteiger partial charge in [0.15, 0.2) is 0 Å². The van der Waals surface area contributed by atoms with E-state index in [0.29, 0.717) is 0 Å². The number of aliphatic hydroxyl groups is 1. The number of aliphatic hydroxyl groups excluding tert-OH is 1. The van der Waals surface area contributed by atoms with E-state index in [1.807, 2.05) is 0 Å². The van der Waals surface area contributed by atoms with Crippen LogP contribution in [0, 0.1) is 0 Å². The average molecular weight is 172 g/mol. The Morgan fingerprint density at radius 1 is 1.50 bits per heavy atom. The Labute approximate surface area is 74.9 Å². The second kappa shape index (κ2) is 5.55. The van der Waals surface area contributed by atoms with Gasteiger partial charge in [0.25, 0.3) is 0 Å². The van der Waals surface area contributed by atoms with Gasteiger partial charge in [-0.3, -0.25) is 0 Å². The minimum absolute atomic E-state index is 0.141. The van der Waals surface area contributed by atoms with Gasteiger partial charge >= 0.3 is 0 Å². The molecule has 0 radical (unpaired) electrons. The van der Waals surface area contributed by atoms with Gasteiger partial charge in [-0.05, 0) is 19.3 Å². The van der Waals surface area contributed by atoms with E-state index in [2.05, 4.69) is 6.92 Å². The van der Waals surface area contributed by atoms with Crippen molar-refractivity contribution in [1.29, 1.82) is 0 Å². The summed E-state index contributed by atoms with van der Waals surface area (Å²) in [6, 6.07) is 0. The Bertz CT molecular complexity index is 108. The van der Waals surface area contributed by atoms with E-state index in [4.69, 9.17) is 4.74 Å². The first-order valence-electron chi connectivity index (χ1n) is 5.14. The molecule has 1 heterocycles. The van der Waals surface area contributed by atoms with Crippen molar-refractivity contribution in [3.05, 3.63) is 0 Å². The van der Waals surface area contributed by atoms with Crippen molar-refractivity contribution in [2.24, 2.45) is 0 Å². The van der Waals surface area contributed by atoms with E-state index in [9.17, 15) is 5.11 Å². The molecule has 0 aromatic rings. The predicted molar refractivity (Wildman–Crippen MR) is 49.1 cm³/mol. The summed E-state index contributed by atoms with van der Waals surface area (Å²) in [5, 5.41) is 9.65. The Morgan fingerprint density at radius 3 is 2.92 bits per heavy atom. The zero-order valence-corrected chi connectivity index (χ0v) is 7.96. The number of rotatable bonds is 5. The summed E-state index contributed by atoms with van der Waals surface area (Å²) in [5.74, 6) is 0. The lowest BCUT2D eigenvalue weighted by Crippen LogP contribution is -2.24. The molecule has 12 heavy (non-hydrogen) atoms. The monoisotopic (exact) mass is 172 g/mol. The lowest BCUT2D eigenvalue weighted by atomic mass is 10.0. The van der Waals surface area contributed by atoms with E-state index in [0.717, 1.165) is 32.3 Å². The first-order valence-corrected chi connectivity index (χ1v) is 5.14. The van der Waals surface area contributed by atoms with E-state index in [-0.39, 0.29) is 12.2 Å². The van der Waals surface area contributed by atoms with Gasteiger partial charge < -0.3 is 9.84 Å². The molecule has 1 aliphatic heterocycles. The summed E-state index contributed by atoms with van der Waals surface area (Å²) in [6.07, 6.45) is 6.60. The van der Waals surface area contributed by atoms with Crippen LogP contribution in [-0.2, 0) is 4.74 Å². The Hall–Kier alpha value is -0.0800. The zero-order chi connectivity index (χ0) is 8.81. The van der Waals surface area contributed by atoms with Crippen LogP contribution in [0.3, 0.4) is 0 Å². The van der Waals surface area contributed by atoms with Crippen LogP contribution >= 0.6 is 0 Å². The zero-order valence-electron chi connectivity index (χ0n) is 7.96. The van der Waals surface area contributed by atoms with Crippen LogP contribution in [0.15, 0.2) is 0 Å². The van der Waals surface area contributed by atoms with Gasteiger partial charge in [0.1, 0.15) is 0 Å². The molecule has 1 N–H and O–H groups in total. The molecule has 1 saturated heterocycles. The topological polar surface area (TPSA) is 29.5 Å². The van der Waals surface area contributed by atoms with Crippen molar-refractivity contribution < 1.29 is 9.84 Å². The summed E-state index contributed by atoms with van der Waals surface area (Å²) in [5.41, 5.74) is 0. The molecule has 0 amide bonds. The Morgan fingerprint density at radius 2 is 2.33 bits per heavy atom. The first-order chi connectivity index (χ1) is 5.84. The third-order valence-corrected chi connectivity index (χ3v) is 2.50. The molecule has 0 aromatic heterocycles. The van der Waals surface area contributed by atoms with Crippen LogP contribution in [0.5, 0.6) is 0 Å². The molecule has 72 valence electrons. The SMILES string of the molecule is CCCCC[C@H](O)[C@H]1CCCO1. The lowest BCUT2D eigenvalue weighted by molar-refractivity contribution is -0.00631. The van der Waals surface area contributed by atoms with E-state index in [1.165, 1.54) is 12.8 Å². The molecule has 1 aliphatic rings. The lowest BCUT2D eigenvalue weighted by Gasteiger charge is -2.16. The smallest absolute Gasteiger partial charge is 0.0834 e. The molecule has 0 bridgehead atoms. The van der Waals surface area contributed by atoms with Crippen LogP contribution < -0.4 is 0 Å². The highest BCUT2D eigenvalue weighted by Gasteiger charge is 2.23. The van der Waals surface area contributed by atoms with Gasteiger partial charge in [-0.1, -0.05) is 26.2 Å². The molecule has 2 heteroatoms. The summed E-state index contributed by atoms with van der Waals surface area (Å²) in [4.78, 5) is 0. The van der Waals surface area contributed by atoms with Gasteiger partial charge in [-0.2, -0.15) is 0 Å². The fourth-order valence-corrected chi connectivity index (χ4v) is 1.70. The molecule has 0 unspecified atom stereocenters. The third kappa shape index (κ3) is 3.11. The van der Waals surface area contributed by atoms with Gasteiger partial charge in [0, 0.05) is 6.61 Å². The minimum atomic E-state index is -0.209. The Kier molecular flexibility index (Phi) is 4.62. The Balaban J connectivity index is 2.05. The van der Waals surface area contributed by atoms with Crippen molar-refractivity contribution >= 4 is 0 Å². The number of unbranched alkanes of at least 4 members (excludes halogenated alkanes) is 2. The average Bonchev–Trinajstić information content (AvgIpc) is 2.56. The van der Waals surface area contributed by atoms with Crippen LogP contribution in [0.1, 0.15) is 45.4 Å². The standard InChI is InChI=1S/C10H20O2/c1-2-3-4-6-9(11)10-7-5-8-12-10/h9-11H,2-8H2,1H3/t9-,10+/m0/s1. The number of hydrogen-bond acceptors (Lipinski definition) is 2. The van der Waals surface area contributed by atoms with Gasteiger partial charge in [-0.25, -0.2) is 0 Å². The van der Waals surface area contributed by atoms with Crippen LogP contribution in [0.25, 0.3) is 0 Å². The van der Waals surface area contributed by atoms with Crippen LogP contribution in [-0.4, -0.2) is 23.9 Å². The van der Waals surface area contributed by atoms with Gasteiger partial charge in [-0.15, -0.1) is 0 Å². The maximum Gasteiger partial charge on any atom is 0.0834 e. The van der Waals surface area contributed by atoms with E-state index in [1.54, 1.807) is 0 Å². The maximum atomic E-state index is 9.65. The predicted octanol–water partition coefficient (Wildman–Crippen LogP) is 2.11. The molecule has 2 atom stereocenters. The fraction of sp³-hybridized carbons (Fsp3) is 1.00.